The molecule has 0 aliphatic carbocycles. The molecule has 1 rings (SSSR count). The van der Waals surface area contributed by atoms with Crippen molar-refractivity contribution >= 4 is 45.9 Å². The number of rotatable bonds is 10. The van der Waals surface area contributed by atoms with Crippen molar-refractivity contribution < 1.29 is 14.2 Å². The van der Waals surface area contributed by atoms with Crippen LogP contribution in [0.2, 0.25) is 0 Å². The number of guanidine groups is 1. The summed E-state index contributed by atoms with van der Waals surface area (Å²) in [4.78, 5) is 4.28. The fourth-order valence-electron chi connectivity index (χ4n) is 2.64. The van der Waals surface area contributed by atoms with Gasteiger partial charge < -0.3 is 24.8 Å². The molecule has 8 heteroatoms. The summed E-state index contributed by atoms with van der Waals surface area (Å²) in [5, 5.41) is 6.66. The minimum absolute atomic E-state index is 0. The third kappa shape index (κ3) is 8.87. The molecule has 27 heavy (non-hydrogen) atoms. The Hall–Kier alpha value is -0.740. The van der Waals surface area contributed by atoms with Crippen LogP contribution in [-0.2, 0) is 11.3 Å². The summed E-state index contributed by atoms with van der Waals surface area (Å²) >= 11 is 3.52. The Labute approximate surface area is 189 Å². The largest absolute Gasteiger partial charge is 0.493 e. The number of ether oxygens (including phenoxy) is 3. The monoisotopic (exact) mass is 557 g/mol. The molecule has 0 bridgehead atoms. The average Bonchev–Trinajstić information content (AvgIpc) is 2.62. The third-order valence-corrected chi connectivity index (χ3v) is 4.61. The van der Waals surface area contributed by atoms with Crippen molar-refractivity contribution in [3.63, 3.8) is 0 Å². The molecule has 1 aromatic carbocycles. The lowest BCUT2D eigenvalue weighted by Gasteiger charge is -2.21. The van der Waals surface area contributed by atoms with Gasteiger partial charge in [0.2, 0.25) is 0 Å². The van der Waals surface area contributed by atoms with Gasteiger partial charge in [-0.15, -0.1) is 24.0 Å². The first-order valence-corrected chi connectivity index (χ1v) is 9.72. The van der Waals surface area contributed by atoms with Crippen LogP contribution in [0, 0.1) is 5.92 Å². The topological polar surface area (TPSA) is 64.1 Å². The summed E-state index contributed by atoms with van der Waals surface area (Å²) in [6.45, 7) is 8.56. The lowest BCUT2D eigenvalue weighted by atomic mass is 10.0. The highest BCUT2D eigenvalue weighted by atomic mass is 127. The van der Waals surface area contributed by atoms with Gasteiger partial charge in [0.15, 0.2) is 17.5 Å². The van der Waals surface area contributed by atoms with Crippen molar-refractivity contribution in [2.75, 3.05) is 34.4 Å². The number of halogens is 2. The Morgan fingerprint density at radius 1 is 1.19 bits per heavy atom. The number of aliphatic imine (C=N–C) groups is 1. The second-order valence-electron chi connectivity index (χ2n) is 6.19. The lowest BCUT2D eigenvalue weighted by molar-refractivity contribution is 0.0258. The van der Waals surface area contributed by atoms with Crippen LogP contribution in [0.4, 0.5) is 0 Å². The number of hydrogen-bond donors (Lipinski definition) is 2. The van der Waals surface area contributed by atoms with E-state index in [1.54, 1.807) is 21.3 Å². The quantitative estimate of drug-likeness (QED) is 0.256. The molecule has 1 unspecified atom stereocenters. The third-order valence-electron chi connectivity index (χ3n) is 4.02. The van der Waals surface area contributed by atoms with Crippen LogP contribution in [0.25, 0.3) is 0 Å². The Bertz CT molecular complexity index is 586. The molecule has 0 aliphatic rings. The highest BCUT2D eigenvalue weighted by Gasteiger charge is 2.13. The highest BCUT2D eigenvalue weighted by Crippen LogP contribution is 2.36. The van der Waals surface area contributed by atoms with Crippen LogP contribution in [0.1, 0.15) is 32.8 Å². The SMILES string of the molecule is CCOC(CCNC(=NC)NCc1cc(Br)c(OC)c(OC)c1)C(C)C.I. The predicted molar refractivity (Wildman–Crippen MR) is 126 cm³/mol. The molecule has 0 saturated heterocycles. The van der Waals surface area contributed by atoms with Gasteiger partial charge in [-0.05, 0) is 52.9 Å². The first-order chi connectivity index (χ1) is 12.5. The number of nitrogens with one attached hydrogen (secondary N) is 2. The van der Waals surface area contributed by atoms with Crippen molar-refractivity contribution in [1.82, 2.24) is 10.6 Å². The summed E-state index contributed by atoms with van der Waals surface area (Å²) in [6.07, 6.45) is 1.20. The molecule has 0 aliphatic heterocycles. The van der Waals surface area contributed by atoms with Crippen LogP contribution in [0.5, 0.6) is 11.5 Å². The van der Waals surface area contributed by atoms with Gasteiger partial charge in [0, 0.05) is 26.7 Å². The van der Waals surface area contributed by atoms with Crippen molar-refractivity contribution in [1.29, 1.82) is 0 Å². The Morgan fingerprint density at radius 3 is 2.41 bits per heavy atom. The number of nitrogens with zero attached hydrogens (tertiary/aromatic N) is 1. The van der Waals surface area contributed by atoms with E-state index in [9.17, 15) is 0 Å². The molecule has 0 heterocycles. The standard InChI is InChI=1S/C19H32BrN3O3.HI/c1-7-26-16(13(2)3)8-9-22-19(21-4)23-12-14-10-15(20)18(25-6)17(11-14)24-5;/h10-11,13,16H,7-9,12H2,1-6H3,(H2,21,22,23);1H. The van der Waals surface area contributed by atoms with E-state index in [0.29, 0.717) is 24.0 Å². The van der Waals surface area contributed by atoms with Gasteiger partial charge in [-0.2, -0.15) is 0 Å². The maximum atomic E-state index is 5.78. The number of benzene rings is 1. The van der Waals surface area contributed by atoms with Gasteiger partial charge in [-0.1, -0.05) is 13.8 Å². The highest BCUT2D eigenvalue weighted by molar-refractivity contribution is 14.0. The van der Waals surface area contributed by atoms with Gasteiger partial charge in [-0.3, -0.25) is 4.99 Å². The van der Waals surface area contributed by atoms with Crippen LogP contribution in [0.3, 0.4) is 0 Å². The summed E-state index contributed by atoms with van der Waals surface area (Å²) in [5.74, 6) is 2.64. The second-order valence-corrected chi connectivity index (χ2v) is 7.05. The molecule has 156 valence electrons. The van der Waals surface area contributed by atoms with E-state index < -0.39 is 0 Å². The van der Waals surface area contributed by atoms with Crippen molar-refractivity contribution in [3.05, 3.63) is 22.2 Å². The van der Waals surface area contributed by atoms with E-state index in [4.69, 9.17) is 14.2 Å². The first kappa shape index (κ1) is 26.3. The zero-order valence-electron chi connectivity index (χ0n) is 17.1. The minimum atomic E-state index is 0. The predicted octanol–water partition coefficient (Wildman–Crippen LogP) is 4.20. The number of hydrogen-bond acceptors (Lipinski definition) is 4. The van der Waals surface area contributed by atoms with E-state index in [1.807, 2.05) is 19.1 Å². The van der Waals surface area contributed by atoms with Crippen LogP contribution < -0.4 is 20.1 Å². The average molecular weight is 558 g/mol. The number of methoxy groups -OCH3 is 2. The molecule has 0 aromatic heterocycles. The first-order valence-electron chi connectivity index (χ1n) is 8.93. The zero-order valence-corrected chi connectivity index (χ0v) is 21.0. The van der Waals surface area contributed by atoms with Gasteiger partial charge in [0.25, 0.3) is 0 Å². The van der Waals surface area contributed by atoms with Gasteiger partial charge in [-0.25, -0.2) is 0 Å². The molecule has 0 amide bonds. The minimum Gasteiger partial charge on any atom is -0.493 e. The van der Waals surface area contributed by atoms with Crippen molar-refractivity contribution in [3.8, 4) is 11.5 Å². The maximum Gasteiger partial charge on any atom is 0.191 e. The van der Waals surface area contributed by atoms with Crippen molar-refractivity contribution in [2.24, 2.45) is 10.9 Å². The smallest absolute Gasteiger partial charge is 0.191 e. The maximum absolute atomic E-state index is 5.78. The summed E-state index contributed by atoms with van der Waals surface area (Å²) in [5.41, 5.74) is 1.06. The molecular weight excluding hydrogens is 525 g/mol. The molecule has 1 aromatic rings. The molecule has 6 nitrogen and oxygen atoms in total. The lowest BCUT2D eigenvalue weighted by Crippen LogP contribution is -2.38. The molecular formula is C19H33BrIN3O3. The van der Waals surface area contributed by atoms with E-state index in [1.165, 1.54) is 0 Å². The van der Waals surface area contributed by atoms with E-state index in [0.717, 1.165) is 35.6 Å². The summed E-state index contributed by atoms with van der Waals surface area (Å²) in [6, 6.07) is 3.96. The van der Waals surface area contributed by atoms with Gasteiger partial charge in [0.05, 0.1) is 24.8 Å². The van der Waals surface area contributed by atoms with E-state index >= 15 is 0 Å². The molecule has 0 fully saturated rings. The van der Waals surface area contributed by atoms with Crippen molar-refractivity contribution in [2.45, 2.75) is 39.8 Å². The normalized spacial score (nSPS) is 12.4. The molecule has 0 spiro atoms. The van der Waals surface area contributed by atoms with E-state index in [-0.39, 0.29) is 30.1 Å². The summed E-state index contributed by atoms with van der Waals surface area (Å²) < 4.78 is 17.4. The Kier molecular flexibility index (Phi) is 13.9. The Morgan fingerprint density at radius 2 is 1.89 bits per heavy atom. The molecule has 1 atom stereocenters. The van der Waals surface area contributed by atoms with E-state index in [2.05, 4.69) is 45.4 Å². The Balaban J connectivity index is 0.00000676. The molecule has 2 N–H and O–H groups in total. The molecule has 0 saturated carbocycles. The fraction of sp³-hybridized carbons (Fsp3) is 0.632. The zero-order chi connectivity index (χ0) is 19.5. The van der Waals surface area contributed by atoms with Gasteiger partial charge in [0.1, 0.15) is 0 Å². The van der Waals surface area contributed by atoms with Gasteiger partial charge >= 0.3 is 0 Å². The fourth-order valence-corrected chi connectivity index (χ4v) is 3.29. The molecule has 0 radical (unpaired) electrons. The summed E-state index contributed by atoms with van der Waals surface area (Å²) in [7, 11) is 5.02. The van der Waals surface area contributed by atoms with Crippen LogP contribution in [-0.4, -0.2) is 46.5 Å². The van der Waals surface area contributed by atoms with Crippen LogP contribution in [0.15, 0.2) is 21.6 Å². The van der Waals surface area contributed by atoms with Crippen LogP contribution >= 0.6 is 39.9 Å². The second kappa shape index (κ2) is 14.3.